The van der Waals surface area contributed by atoms with Crippen molar-refractivity contribution in [2.24, 2.45) is 0 Å². The highest BCUT2D eigenvalue weighted by Crippen LogP contribution is 2.23. The third-order valence-electron chi connectivity index (χ3n) is 2.97. The normalized spacial score (nSPS) is 17.9. The van der Waals surface area contributed by atoms with Crippen molar-refractivity contribution in [3.05, 3.63) is 5.01 Å². The molecule has 0 aromatic carbocycles. The molecule has 8 nitrogen and oxygen atoms in total. The van der Waals surface area contributed by atoms with Crippen molar-refractivity contribution >= 4 is 34.2 Å². The van der Waals surface area contributed by atoms with Crippen LogP contribution in [-0.4, -0.2) is 51.4 Å². The second-order valence-electron chi connectivity index (χ2n) is 4.77. The summed E-state index contributed by atoms with van der Waals surface area (Å²) in [6, 6.07) is 0. The van der Waals surface area contributed by atoms with Crippen LogP contribution in [0.15, 0.2) is 0 Å². The minimum atomic E-state index is -1.10. The Hall–Kier alpha value is -2.03. The largest absolute Gasteiger partial charge is 0.360 e. The molecule has 2 heterocycles. The first-order chi connectivity index (χ1) is 9.36. The van der Waals surface area contributed by atoms with Crippen molar-refractivity contribution in [2.45, 2.75) is 26.3 Å². The number of hydrogen-bond acceptors (Lipinski definition) is 7. The topological polar surface area (TPSA) is 104 Å². The minimum Gasteiger partial charge on any atom is -0.360 e. The predicted octanol–water partition coefficient (Wildman–Crippen LogP) is -0.153. The number of rotatable bonds is 3. The van der Waals surface area contributed by atoms with Gasteiger partial charge in [-0.2, -0.15) is 0 Å². The maximum Gasteiger partial charge on any atom is 0.286 e. The Labute approximate surface area is 119 Å². The van der Waals surface area contributed by atoms with E-state index < -0.39 is 23.3 Å². The zero-order valence-electron chi connectivity index (χ0n) is 11.4. The van der Waals surface area contributed by atoms with Crippen molar-refractivity contribution in [3.8, 4) is 0 Å². The smallest absolute Gasteiger partial charge is 0.286 e. The number of amides is 3. The van der Waals surface area contributed by atoms with Crippen LogP contribution in [0.1, 0.15) is 30.6 Å². The standard InChI is InChI=1S/C11H15N5O3S/c1-4-12-10-15-14-7(20-10)8(18)16-5-6(17)13-9(19)11(16,2)3/h4-5H2,1-3H3,(H,12,15)(H,13,17,19). The van der Waals surface area contributed by atoms with Gasteiger partial charge in [-0.1, -0.05) is 11.3 Å². The molecule has 0 atom stereocenters. The Morgan fingerprint density at radius 3 is 2.80 bits per heavy atom. The fourth-order valence-corrected chi connectivity index (χ4v) is 2.52. The van der Waals surface area contributed by atoms with Gasteiger partial charge in [0.2, 0.25) is 16.0 Å². The van der Waals surface area contributed by atoms with Gasteiger partial charge in [0.1, 0.15) is 12.1 Å². The monoisotopic (exact) mass is 297 g/mol. The molecule has 1 saturated heterocycles. The van der Waals surface area contributed by atoms with E-state index >= 15 is 0 Å². The average Bonchev–Trinajstić information content (AvgIpc) is 2.82. The number of nitrogens with one attached hydrogen (secondary N) is 2. The lowest BCUT2D eigenvalue weighted by atomic mass is 9.98. The highest BCUT2D eigenvalue weighted by atomic mass is 32.1. The second-order valence-corrected chi connectivity index (χ2v) is 5.75. The van der Waals surface area contributed by atoms with E-state index in [2.05, 4.69) is 20.8 Å². The van der Waals surface area contributed by atoms with Gasteiger partial charge in [-0.25, -0.2) is 0 Å². The summed E-state index contributed by atoms with van der Waals surface area (Å²) in [6.07, 6.45) is 0. The summed E-state index contributed by atoms with van der Waals surface area (Å²) in [7, 11) is 0. The summed E-state index contributed by atoms with van der Waals surface area (Å²) in [6.45, 7) is 5.56. The highest BCUT2D eigenvalue weighted by Gasteiger charge is 2.44. The zero-order chi connectivity index (χ0) is 14.9. The molecule has 0 radical (unpaired) electrons. The third-order valence-corrected chi connectivity index (χ3v) is 3.84. The van der Waals surface area contributed by atoms with E-state index in [9.17, 15) is 14.4 Å². The molecule has 1 aromatic heterocycles. The van der Waals surface area contributed by atoms with Gasteiger partial charge in [-0.05, 0) is 20.8 Å². The van der Waals surface area contributed by atoms with Crippen LogP contribution < -0.4 is 10.6 Å². The Bertz CT molecular complexity index is 568. The van der Waals surface area contributed by atoms with Crippen molar-refractivity contribution in [1.82, 2.24) is 20.4 Å². The first-order valence-corrected chi connectivity index (χ1v) is 6.91. The van der Waals surface area contributed by atoms with Crippen LogP contribution in [0.5, 0.6) is 0 Å². The number of carbonyl (C=O) groups is 3. The van der Waals surface area contributed by atoms with Gasteiger partial charge < -0.3 is 10.2 Å². The Balaban J connectivity index is 2.25. The Kier molecular flexibility index (Phi) is 3.71. The number of carbonyl (C=O) groups excluding carboxylic acids is 3. The molecule has 2 rings (SSSR count). The van der Waals surface area contributed by atoms with Gasteiger partial charge in [0.15, 0.2) is 0 Å². The second kappa shape index (κ2) is 5.16. The van der Waals surface area contributed by atoms with Crippen LogP contribution in [0.4, 0.5) is 5.13 Å². The van der Waals surface area contributed by atoms with E-state index in [1.165, 1.54) is 4.90 Å². The van der Waals surface area contributed by atoms with Crippen LogP contribution in [0.25, 0.3) is 0 Å². The molecule has 108 valence electrons. The first kappa shape index (κ1) is 14.4. The molecular formula is C11H15N5O3S. The lowest BCUT2D eigenvalue weighted by molar-refractivity contribution is -0.143. The summed E-state index contributed by atoms with van der Waals surface area (Å²) in [5.41, 5.74) is -1.10. The SMILES string of the molecule is CCNc1nnc(C(=O)N2CC(=O)NC(=O)C2(C)C)s1. The molecular weight excluding hydrogens is 282 g/mol. The van der Waals surface area contributed by atoms with E-state index in [4.69, 9.17) is 0 Å². The van der Waals surface area contributed by atoms with Gasteiger partial charge in [-0.3, -0.25) is 19.7 Å². The summed E-state index contributed by atoms with van der Waals surface area (Å²) < 4.78 is 0. The van der Waals surface area contributed by atoms with Gasteiger partial charge in [0.25, 0.3) is 11.8 Å². The molecule has 3 amide bonds. The van der Waals surface area contributed by atoms with Crippen molar-refractivity contribution in [1.29, 1.82) is 0 Å². The van der Waals surface area contributed by atoms with Gasteiger partial charge in [0, 0.05) is 6.54 Å². The fourth-order valence-electron chi connectivity index (χ4n) is 1.76. The maximum absolute atomic E-state index is 12.4. The van der Waals surface area contributed by atoms with E-state index in [1.807, 2.05) is 6.92 Å². The molecule has 0 saturated carbocycles. The van der Waals surface area contributed by atoms with E-state index in [-0.39, 0.29) is 11.6 Å². The first-order valence-electron chi connectivity index (χ1n) is 6.10. The van der Waals surface area contributed by atoms with E-state index in [0.29, 0.717) is 11.7 Å². The summed E-state index contributed by atoms with van der Waals surface area (Å²) in [4.78, 5) is 36.9. The third kappa shape index (κ3) is 2.48. The fraction of sp³-hybridized carbons (Fsp3) is 0.545. The average molecular weight is 297 g/mol. The number of hydrogen-bond donors (Lipinski definition) is 2. The van der Waals surface area contributed by atoms with Gasteiger partial charge in [0.05, 0.1) is 0 Å². The number of aromatic nitrogens is 2. The molecule has 9 heteroatoms. The van der Waals surface area contributed by atoms with Crippen molar-refractivity contribution in [2.75, 3.05) is 18.4 Å². The molecule has 0 spiro atoms. The minimum absolute atomic E-state index is 0.150. The molecule has 1 aliphatic heterocycles. The summed E-state index contributed by atoms with van der Waals surface area (Å²) in [5, 5.41) is 13.5. The lowest BCUT2D eigenvalue weighted by Crippen LogP contribution is -2.65. The molecule has 0 unspecified atom stereocenters. The number of nitrogens with zero attached hydrogens (tertiary/aromatic N) is 3. The molecule has 1 fully saturated rings. The van der Waals surface area contributed by atoms with Crippen LogP contribution in [0.2, 0.25) is 0 Å². The predicted molar refractivity (Wildman–Crippen MR) is 72.3 cm³/mol. The zero-order valence-corrected chi connectivity index (χ0v) is 12.2. The number of piperazine rings is 1. The summed E-state index contributed by atoms with van der Waals surface area (Å²) >= 11 is 1.09. The van der Waals surface area contributed by atoms with Gasteiger partial charge >= 0.3 is 0 Å². The number of anilines is 1. The quantitative estimate of drug-likeness (QED) is 0.752. The lowest BCUT2D eigenvalue weighted by Gasteiger charge is -2.39. The molecule has 1 aliphatic rings. The van der Waals surface area contributed by atoms with E-state index in [1.54, 1.807) is 13.8 Å². The van der Waals surface area contributed by atoms with Gasteiger partial charge in [-0.15, -0.1) is 10.2 Å². The van der Waals surface area contributed by atoms with Crippen LogP contribution >= 0.6 is 11.3 Å². The molecule has 2 N–H and O–H groups in total. The highest BCUT2D eigenvalue weighted by molar-refractivity contribution is 7.17. The maximum atomic E-state index is 12.4. The van der Waals surface area contributed by atoms with Crippen LogP contribution in [-0.2, 0) is 9.59 Å². The van der Waals surface area contributed by atoms with Crippen molar-refractivity contribution in [3.63, 3.8) is 0 Å². The molecule has 0 aliphatic carbocycles. The van der Waals surface area contributed by atoms with Crippen LogP contribution in [0.3, 0.4) is 0 Å². The molecule has 20 heavy (non-hydrogen) atoms. The van der Waals surface area contributed by atoms with E-state index in [0.717, 1.165) is 11.3 Å². The number of imide groups is 1. The van der Waals surface area contributed by atoms with Crippen LogP contribution in [0, 0.1) is 0 Å². The Morgan fingerprint density at radius 1 is 1.45 bits per heavy atom. The molecule has 0 bridgehead atoms. The van der Waals surface area contributed by atoms with Crippen molar-refractivity contribution < 1.29 is 14.4 Å². The molecule has 1 aromatic rings. The summed E-state index contributed by atoms with van der Waals surface area (Å²) in [5.74, 6) is -1.47. The Morgan fingerprint density at radius 2 is 2.15 bits per heavy atom.